The van der Waals surface area contributed by atoms with Crippen LogP contribution in [0.3, 0.4) is 0 Å². The third-order valence-electron chi connectivity index (χ3n) is 2.49. The van der Waals surface area contributed by atoms with E-state index in [9.17, 15) is 13.9 Å². The zero-order valence-corrected chi connectivity index (χ0v) is 7.89. The first-order valence-corrected chi connectivity index (χ1v) is 4.78. The molecule has 1 unspecified atom stereocenters. The van der Waals surface area contributed by atoms with Crippen LogP contribution in [0.15, 0.2) is 12.2 Å². The molecule has 0 fully saturated rings. The van der Waals surface area contributed by atoms with E-state index in [1.807, 2.05) is 6.92 Å². The normalized spacial score (nSPS) is 32.0. The molecule has 0 aliphatic heterocycles. The van der Waals surface area contributed by atoms with Crippen LogP contribution in [0.25, 0.3) is 0 Å². The molecule has 0 spiro atoms. The summed E-state index contributed by atoms with van der Waals surface area (Å²) >= 11 is 0. The number of rotatable bonds is 3. The van der Waals surface area contributed by atoms with E-state index >= 15 is 0 Å². The minimum Gasteiger partial charge on any atom is -0.386 e. The van der Waals surface area contributed by atoms with Crippen LogP contribution in [0.4, 0.5) is 8.78 Å². The molecule has 3 heteroatoms. The van der Waals surface area contributed by atoms with Crippen molar-refractivity contribution in [2.75, 3.05) is 0 Å². The highest BCUT2D eigenvalue weighted by Crippen LogP contribution is 2.35. The molecule has 0 heterocycles. The topological polar surface area (TPSA) is 20.2 Å². The lowest BCUT2D eigenvalue weighted by Crippen LogP contribution is -2.33. The average Bonchev–Trinajstić information content (AvgIpc) is 2.08. The van der Waals surface area contributed by atoms with Gasteiger partial charge in [0.05, 0.1) is 5.60 Å². The number of alkyl halides is 2. The molecule has 0 aromatic rings. The Kier molecular flexibility index (Phi) is 3.06. The second-order valence-corrected chi connectivity index (χ2v) is 3.80. The summed E-state index contributed by atoms with van der Waals surface area (Å²) in [5, 5.41) is 9.81. The van der Waals surface area contributed by atoms with Gasteiger partial charge in [0.1, 0.15) is 0 Å². The summed E-state index contributed by atoms with van der Waals surface area (Å²) in [6.07, 6.45) is 4.51. The van der Waals surface area contributed by atoms with Crippen molar-refractivity contribution in [3.8, 4) is 0 Å². The maximum absolute atomic E-state index is 12.7. The molecule has 0 aromatic heterocycles. The van der Waals surface area contributed by atoms with Gasteiger partial charge in [-0.25, -0.2) is 8.78 Å². The summed E-state index contributed by atoms with van der Waals surface area (Å²) in [7, 11) is 0. The zero-order valence-electron chi connectivity index (χ0n) is 7.89. The number of allylic oxidation sites excluding steroid dienone is 1. The molecule has 1 nitrogen and oxygen atoms in total. The van der Waals surface area contributed by atoms with Crippen LogP contribution in [-0.2, 0) is 0 Å². The van der Waals surface area contributed by atoms with Crippen molar-refractivity contribution in [3.05, 3.63) is 12.2 Å². The lowest BCUT2D eigenvalue weighted by atomic mass is 9.85. The summed E-state index contributed by atoms with van der Waals surface area (Å²) in [5.74, 6) is -2.71. The van der Waals surface area contributed by atoms with Crippen molar-refractivity contribution in [2.45, 2.75) is 50.6 Å². The number of unbranched alkanes of at least 4 members (excludes halogenated alkanes) is 1. The van der Waals surface area contributed by atoms with Gasteiger partial charge < -0.3 is 5.11 Å². The molecule has 13 heavy (non-hydrogen) atoms. The van der Waals surface area contributed by atoms with Gasteiger partial charge in [0.2, 0.25) is 0 Å². The van der Waals surface area contributed by atoms with Gasteiger partial charge >= 0.3 is 0 Å². The first kappa shape index (κ1) is 10.6. The van der Waals surface area contributed by atoms with Crippen LogP contribution in [-0.4, -0.2) is 16.6 Å². The molecule has 1 N–H and O–H groups in total. The van der Waals surface area contributed by atoms with Crippen LogP contribution in [0, 0.1) is 0 Å². The molecule has 0 aromatic carbocycles. The first-order chi connectivity index (χ1) is 5.97. The third kappa shape index (κ3) is 3.07. The van der Waals surface area contributed by atoms with Gasteiger partial charge in [0.25, 0.3) is 5.92 Å². The molecule has 0 saturated heterocycles. The van der Waals surface area contributed by atoms with Crippen LogP contribution in [0.5, 0.6) is 0 Å². The fourth-order valence-corrected chi connectivity index (χ4v) is 1.52. The minimum atomic E-state index is -2.71. The Morgan fingerprint density at radius 3 is 2.46 bits per heavy atom. The molecular formula is C10H16F2O. The van der Waals surface area contributed by atoms with Crippen molar-refractivity contribution < 1.29 is 13.9 Å². The highest BCUT2D eigenvalue weighted by Gasteiger charge is 2.36. The summed E-state index contributed by atoms with van der Waals surface area (Å²) in [6.45, 7) is 2.02. The fraction of sp³-hybridized carbons (Fsp3) is 0.800. The van der Waals surface area contributed by atoms with Gasteiger partial charge in [0.15, 0.2) is 0 Å². The summed E-state index contributed by atoms with van der Waals surface area (Å²) in [4.78, 5) is 0. The van der Waals surface area contributed by atoms with Crippen molar-refractivity contribution >= 4 is 0 Å². The molecule has 1 aliphatic carbocycles. The minimum absolute atomic E-state index is 0.177. The highest BCUT2D eigenvalue weighted by molar-refractivity contribution is 5.11. The number of halogens is 2. The van der Waals surface area contributed by atoms with E-state index in [-0.39, 0.29) is 12.8 Å². The molecule has 0 radical (unpaired) electrons. The molecule has 0 amide bonds. The van der Waals surface area contributed by atoms with Crippen LogP contribution < -0.4 is 0 Å². The van der Waals surface area contributed by atoms with Crippen molar-refractivity contribution in [2.24, 2.45) is 0 Å². The molecule has 0 saturated carbocycles. The monoisotopic (exact) mass is 190 g/mol. The second-order valence-electron chi connectivity index (χ2n) is 3.80. The summed E-state index contributed by atoms with van der Waals surface area (Å²) in [5.41, 5.74) is -0.975. The Bertz CT molecular complexity index is 201. The Labute approximate surface area is 77.5 Å². The van der Waals surface area contributed by atoms with Crippen LogP contribution in [0.1, 0.15) is 39.0 Å². The van der Waals surface area contributed by atoms with Crippen molar-refractivity contribution in [1.29, 1.82) is 0 Å². The van der Waals surface area contributed by atoms with Gasteiger partial charge in [-0.05, 0) is 18.9 Å². The van der Waals surface area contributed by atoms with Gasteiger partial charge in [-0.2, -0.15) is 0 Å². The number of hydrogen-bond acceptors (Lipinski definition) is 1. The molecule has 0 bridgehead atoms. The summed E-state index contributed by atoms with van der Waals surface area (Å²) < 4.78 is 25.3. The zero-order chi connectivity index (χ0) is 9.95. The maximum atomic E-state index is 12.7. The lowest BCUT2D eigenvalue weighted by molar-refractivity contribution is -0.0155. The standard InChI is InChI=1S/C10H16F2O/c1-2-3-4-9(13)5-7-10(11,12)8-6-9/h5,7,13H,2-4,6,8H2,1H3. The molecular weight excluding hydrogens is 174 g/mol. The highest BCUT2D eigenvalue weighted by atomic mass is 19.3. The van der Waals surface area contributed by atoms with Crippen molar-refractivity contribution in [1.82, 2.24) is 0 Å². The molecule has 76 valence electrons. The molecule has 1 atom stereocenters. The Morgan fingerprint density at radius 1 is 1.31 bits per heavy atom. The van der Waals surface area contributed by atoms with Gasteiger partial charge in [-0.1, -0.05) is 25.8 Å². The Hall–Kier alpha value is -0.440. The van der Waals surface area contributed by atoms with E-state index in [1.54, 1.807) is 0 Å². The van der Waals surface area contributed by atoms with Gasteiger partial charge in [-0.15, -0.1) is 0 Å². The molecule has 1 rings (SSSR count). The number of aliphatic hydroxyl groups is 1. The predicted molar refractivity (Wildman–Crippen MR) is 47.8 cm³/mol. The van der Waals surface area contributed by atoms with Crippen LogP contribution >= 0.6 is 0 Å². The van der Waals surface area contributed by atoms with Gasteiger partial charge in [0, 0.05) is 6.42 Å². The molecule has 1 aliphatic rings. The van der Waals surface area contributed by atoms with E-state index in [0.717, 1.165) is 18.9 Å². The smallest absolute Gasteiger partial charge is 0.266 e. The van der Waals surface area contributed by atoms with E-state index in [1.165, 1.54) is 6.08 Å². The largest absolute Gasteiger partial charge is 0.386 e. The fourth-order valence-electron chi connectivity index (χ4n) is 1.52. The summed E-state index contributed by atoms with van der Waals surface area (Å²) in [6, 6.07) is 0. The van der Waals surface area contributed by atoms with E-state index in [4.69, 9.17) is 0 Å². The lowest BCUT2D eigenvalue weighted by Gasteiger charge is -2.30. The van der Waals surface area contributed by atoms with E-state index in [2.05, 4.69) is 0 Å². The number of hydrogen-bond donors (Lipinski definition) is 1. The average molecular weight is 190 g/mol. The third-order valence-corrected chi connectivity index (χ3v) is 2.49. The second kappa shape index (κ2) is 3.74. The maximum Gasteiger partial charge on any atom is 0.266 e. The Balaban J connectivity index is 2.54. The Morgan fingerprint density at radius 2 is 2.00 bits per heavy atom. The SMILES string of the molecule is CCCCC1(O)C=CC(F)(F)CC1. The first-order valence-electron chi connectivity index (χ1n) is 4.78. The van der Waals surface area contributed by atoms with Crippen molar-refractivity contribution in [3.63, 3.8) is 0 Å². The van der Waals surface area contributed by atoms with E-state index < -0.39 is 11.5 Å². The van der Waals surface area contributed by atoms with Crippen LogP contribution in [0.2, 0.25) is 0 Å². The van der Waals surface area contributed by atoms with E-state index in [0.29, 0.717) is 6.42 Å². The predicted octanol–water partition coefficient (Wildman–Crippen LogP) is 2.89. The quantitative estimate of drug-likeness (QED) is 0.678. The van der Waals surface area contributed by atoms with Gasteiger partial charge in [-0.3, -0.25) is 0 Å².